The molecule has 1 fully saturated rings. The summed E-state index contributed by atoms with van der Waals surface area (Å²) < 4.78 is 104. The number of nitrogens with zero attached hydrogens (tertiary/aromatic N) is 1. The Balaban J connectivity index is 1.63. The fraction of sp³-hybridized carbons (Fsp3) is 0.333. The van der Waals surface area contributed by atoms with Gasteiger partial charge in [0.2, 0.25) is 6.23 Å². The SMILES string of the molecule is COc1ccc(OP(=O)(OC[C@]2(C(F)F)CC(F)(F)[C@H](n3ccc(=O)[nH]c3=O)O2)Oc2ccc(OC)cc2)cc1. The third kappa shape index (κ3) is 6.32. The van der Waals surface area contributed by atoms with Crippen LogP contribution in [0.2, 0.25) is 0 Å². The van der Waals surface area contributed by atoms with Crippen LogP contribution in [-0.2, 0) is 13.8 Å². The van der Waals surface area contributed by atoms with Gasteiger partial charge in [0.1, 0.15) is 23.0 Å². The zero-order valence-corrected chi connectivity index (χ0v) is 21.8. The Morgan fingerprint density at radius 1 is 0.950 bits per heavy atom. The van der Waals surface area contributed by atoms with E-state index in [4.69, 9.17) is 27.8 Å². The van der Waals surface area contributed by atoms with Crippen LogP contribution in [0.5, 0.6) is 23.0 Å². The monoisotopic (exact) mass is 590 g/mol. The highest BCUT2D eigenvalue weighted by atomic mass is 31.2. The number of benzene rings is 2. The van der Waals surface area contributed by atoms with Crippen molar-refractivity contribution in [3.05, 3.63) is 81.6 Å². The van der Waals surface area contributed by atoms with Gasteiger partial charge in [0.15, 0.2) is 5.60 Å². The predicted octanol–water partition coefficient (Wildman–Crippen LogP) is 4.39. The van der Waals surface area contributed by atoms with E-state index < -0.39 is 56.3 Å². The van der Waals surface area contributed by atoms with E-state index in [9.17, 15) is 31.7 Å². The lowest BCUT2D eigenvalue weighted by Gasteiger charge is -2.29. The van der Waals surface area contributed by atoms with Gasteiger partial charge >= 0.3 is 13.5 Å². The van der Waals surface area contributed by atoms with Crippen molar-refractivity contribution in [1.29, 1.82) is 0 Å². The summed E-state index contributed by atoms with van der Waals surface area (Å²) in [6, 6.07) is 11.8. The number of phosphoric ester groups is 1. The Morgan fingerprint density at radius 2 is 1.45 bits per heavy atom. The Hall–Kier alpha value is -3.81. The molecule has 1 N–H and O–H groups in total. The number of nitrogens with one attached hydrogen (secondary N) is 1. The number of ether oxygens (including phenoxy) is 3. The molecule has 3 aromatic rings. The van der Waals surface area contributed by atoms with Gasteiger partial charge in [-0.1, -0.05) is 0 Å². The van der Waals surface area contributed by atoms with Crippen LogP contribution in [-0.4, -0.2) is 48.3 Å². The van der Waals surface area contributed by atoms with Crippen molar-refractivity contribution in [2.75, 3.05) is 20.8 Å². The van der Waals surface area contributed by atoms with Gasteiger partial charge in [-0.25, -0.2) is 26.9 Å². The zero-order valence-electron chi connectivity index (χ0n) is 20.9. The smallest absolute Gasteiger partial charge is 0.497 e. The molecule has 0 aliphatic carbocycles. The van der Waals surface area contributed by atoms with E-state index in [0.717, 1.165) is 6.07 Å². The standard InChI is InChI=1S/C24H23F4N2O9P/c1-34-15-3-7-17(8-4-15)38-40(33,39-18-9-5-16(35-2)6-10-18)36-14-23(20(25)26)13-24(27,28)21(37-23)30-12-11-19(31)29-22(30)32/h3-12,20-21H,13-14H2,1-2H3,(H,29,31,32)/t21-,23+/m1/s1. The Morgan fingerprint density at radius 3 is 1.90 bits per heavy atom. The highest BCUT2D eigenvalue weighted by Gasteiger charge is 2.64. The number of hydrogen-bond donors (Lipinski definition) is 1. The molecule has 1 aliphatic heterocycles. The second kappa shape index (κ2) is 11.4. The van der Waals surface area contributed by atoms with E-state index in [2.05, 4.69) is 0 Å². The second-order valence-electron chi connectivity index (χ2n) is 8.55. The number of hydrogen-bond acceptors (Lipinski definition) is 9. The zero-order chi connectivity index (χ0) is 29.1. The number of H-pyrrole nitrogens is 1. The maximum absolute atomic E-state index is 15.0. The third-order valence-electron chi connectivity index (χ3n) is 5.76. The minimum absolute atomic E-state index is 0.0842. The fourth-order valence-corrected chi connectivity index (χ4v) is 5.06. The van der Waals surface area contributed by atoms with E-state index in [-0.39, 0.29) is 16.1 Å². The molecule has 0 unspecified atom stereocenters. The Bertz CT molecular complexity index is 1430. The van der Waals surface area contributed by atoms with Crippen molar-refractivity contribution in [2.45, 2.75) is 30.6 Å². The molecule has 40 heavy (non-hydrogen) atoms. The molecule has 2 atom stereocenters. The summed E-state index contributed by atoms with van der Waals surface area (Å²) in [5, 5.41) is 0. The molecule has 0 bridgehead atoms. The molecule has 0 radical (unpaired) electrons. The number of methoxy groups -OCH3 is 2. The molecule has 1 saturated heterocycles. The van der Waals surface area contributed by atoms with Crippen LogP contribution in [0, 0.1) is 0 Å². The van der Waals surface area contributed by atoms with Crippen molar-refractivity contribution >= 4 is 7.82 Å². The first kappa shape index (κ1) is 29.2. The third-order valence-corrected chi connectivity index (χ3v) is 7.08. The quantitative estimate of drug-likeness (QED) is 0.256. The van der Waals surface area contributed by atoms with Crippen molar-refractivity contribution in [2.24, 2.45) is 0 Å². The van der Waals surface area contributed by atoms with E-state index in [0.29, 0.717) is 17.7 Å². The largest absolute Gasteiger partial charge is 0.587 e. The maximum atomic E-state index is 15.0. The van der Waals surface area contributed by atoms with Crippen molar-refractivity contribution in [1.82, 2.24) is 9.55 Å². The first-order valence-corrected chi connectivity index (χ1v) is 12.9. The van der Waals surface area contributed by atoms with Gasteiger partial charge < -0.3 is 23.3 Å². The van der Waals surface area contributed by atoms with Gasteiger partial charge in [-0.3, -0.25) is 18.9 Å². The summed E-state index contributed by atoms with van der Waals surface area (Å²) in [7, 11) is -2.03. The number of halogens is 4. The normalized spacial score (nSPS) is 20.3. The first-order chi connectivity index (χ1) is 18.9. The Kier molecular flexibility index (Phi) is 8.28. The molecule has 4 rings (SSSR count). The fourth-order valence-electron chi connectivity index (χ4n) is 3.78. The summed E-state index contributed by atoms with van der Waals surface area (Å²) in [5.74, 6) is -3.36. The number of alkyl halides is 4. The number of phosphoric acid groups is 1. The first-order valence-electron chi connectivity index (χ1n) is 11.5. The van der Waals surface area contributed by atoms with Crippen LogP contribution >= 0.6 is 7.82 Å². The Labute approximate surface area is 223 Å². The van der Waals surface area contributed by atoms with Crippen LogP contribution in [0.3, 0.4) is 0 Å². The molecular formula is C24H23F4N2O9P. The highest BCUT2D eigenvalue weighted by molar-refractivity contribution is 7.49. The lowest BCUT2D eigenvalue weighted by Crippen LogP contribution is -2.43. The molecule has 2 heterocycles. The van der Waals surface area contributed by atoms with Gasteiger partial charge in [0.25, 0.3) is 17.9 Å². The van der Waals surface area contributed by atoms with Gasteiger partial charge in [0, 0.05) is 12.3 Å². The average Bonchev–Trinajstić information content (AvgIpc) is 3.20. The molecule has 1 aromatic heterocycles. The van der Waals surface area contributed by atoms with Gasteiger partial charge in [-0.2, -0.15) is 0 Å². The lowest BCUT2D eigenvalue weighted by atomic mass is 10.00. The maximum Gasteiger partial charge on any atom is 0.587 e. The molecule has 1 aliphatic rings. The molecular weight excluding hydrogens is 567 g/mol. The van der Waals surface area contributed by atoms with Crippen molar-refractivity contribution in [3.63, 3.8) is 0 Å². The molecule has 0 saturated carbocycles. The average molecular weight is 590 g/mol. The molecule has 2 aromatic carbocycles. The van der Waals surface area contributed by atoms with Crippen LogP contribution in [0.4, 0.5) is 17.6 Å². The highest BCUT2D eigenvalue weighted by Crippen LogP contribution is 2.55. The van der Waals surface area contributed by atoms with Crippen LogP contribution in [0.25, 0.3) is 0 Å². The summed E-state index contributed by atoms with van der Waals surface area (Å²) in [5.41, 5.74) is -5.25. The van der Waals surface area contributed by atoms with Crippen LogP contribution in [0.15, 0.2) is 70.4 Å². The molecule has 0 amide bonds. The molecule has 216 valence electrons. The van der Waals surface area contributed by atoms with Gasteiger partial charge in [-0.05, 0) is 48.5 Å². The van der Waals surface area contributed by atoms with Gasteiger partial charge in [-0.15, -0.1) is 0 Å². The molecule has 16 heteroatoms. The van der Waals surface area contributed by atoms with E-state index in [1.165, 1.54) is 62.8 Å². The minimum atomic E-state index is -4.85. The minimum Gasteiger partial charge on any atom is -0.497 e. The molecule has 0 spiro atoms. The summed E-state index contributed by atoms with van der Waals surface area (Å²) in [6.07, 6.45) is -7.07. The number of aromatic nitrogens is 2. The van der Waals surface area contributed by atoms with Crippen molar-refractivity contribution < 1.29 is 49.9 Å². The molecule has 11 nitrogen and oxygen atoms in total. The van der Waals surface area contributed by atoms with Crippen LogP contribution in [0.1, 0.15) is 12.6 Å². The van der Waals surface area contributed by atoms with E-state index >= 15 is 0 Å². The summed E-state index contributed by atoms with van der Waals surface area (Å²) in [4.78, 5) is 25.2. The number of aromatic amines is 1. The summed E-state index contributed by atoms with van der Waals surface area (Å²) >= 11 is 0. The number of rotatable bonds is 11. The topological polar surface area (TPSA) is 127 Å². The van der Waals surface area contributed by atoms with E-state index in [1.807, 2.05) is 0 Å². The van der Waals surface area contributed by atoms with Gasteiger partial charge in [0.05, 0.1) is 27.2 Å². The predicted molar refractivity (Wildman–Crippen MR) is 131 cm³/mol. The summed E-state index contributed by atoms with van der Waals surface area (Å²) in [6.45, 7) is -1.39. The van der Waals surface area contributed by atoms with Crippen molar-refractivity contribution in [3.8, 4) is 23.0 Å². The van der Waals surface area contributed by atoms with Crippen LogP contribution < -0.4 is 29.8 Å². The van der Waals surface area contributed by atoms with E-state index in [1.54, 1.807) is 4.98 Å². The second-order valence-corrected chi connectivity index (χ2v) is 10.1. The lowest BCUT2D eigenvalue weighted by molar-refractivity contribution is -0.182.